The van der Waals surface area contributed by atoms with Crippen LogP contribution in [-0.2, 0) is 9.59 Å². The number of nitriles is 1. The lowest BCUT2D eigenvalue weighted by Gasteiger charge is -2.14. The molecule has 0 radical (unpaired) electrons. The summed E-state index contributed by atoms with van der Waals surface area (Å²) in [4.78, 5) is 23.9. The molecular weight excluding hydrogens is 278 g/mol. The van der Waals surface area contributed by atoms with Gasteiger partial charge >= 0.3 is 0 Å². The van der Waals surface area contributed by atoms with E-state index in [-0.39, 0.29) is 23.3 Å². The summed E-state index contributed by atoms with van der Waals surface area (Å²) in [7, 11) is 0. The molecular formula is C17H25N3O2. The van der Waals surface area contributed by atoms with Crippen molar-refractivity contribution in [3.8, 4) is 6.07 Å². The Hall–Kier alpha value is -1.57. The van der Waals surface area contributed by atoms with Crippen molar-refractivity contribution in [3.05, 3.63) is 0 Å². The molecule has 1 unspecified atom stereocenters. The predicted octanol–water partition coefficient (Wildman–Crippen LogP) is 1.88. The van der Waals surface area contributed by atoms with Crippen molar-refractivity contribution in [2.45, 2.75) is 70.4 Å². The second-order valence-electron chi connectivity index (χ2n) is 8.08. The summed E-state index contributed by atoms with van der Waals surface area (Å²) < 4.78 is 0. The summed E-state index contributed by atoms with van der Waals surface area (Å²) >= 11 is 0. The van der Waals surface area contributed by atoms with Crippen LogP contribution in [0.15, 0.2) is 0 Å². The minimum atomic E-state index is -0.552. The van der Waals surface area contributed by atoms with Gasteiger partial charge in [0.25, 0.3) is 0 Å². The van der Waals surface area contributed by atoms with Gasteiger partial charge in [-0.15, -0.1) is 0 Å². The van der Waals surface area contributed by atoms with Crippen LogP contribution in [0.25, 0.3) is 0 Å². The van der Waals surface area contributed by atoms with Crippen LogP contribution in [-0.4, -0.2) is 23.4 Å². The van der Waals surface area contributed by atoms with Gasteiger partial charge in [-0.1, -0.05) is 13.8 Å². The number of amides is 2. The normalized spacial score (nSPS) is 31.2. The Kier molecular flexibility index (Phi) is 3.66. The molecule has 2 saturated carbocycles. The largest absolute Gasteiger partial charge is 0.350 e. The fourth-order valence-corrected chi connectivity index (χ4v) is 3.72. The highest BCUT2D eigenvalue weighted by Crippen LogP contribution is 2.54. The Bertz CT molecular complexity index is 531. The fraction of sp³-hybridized carbons (Fsp3) is 0.824. The standard InChI is InChI=1S/C17H25N3O2/c1-16(2)9-12(16)3-4-14(21)19-13(10-18)7-11-8-17(5-6-17)20-15(11)22/h11-13H,3-9H2,1-2H3,(H,19,21)(H,20,22)/t11-,12?,13+/m1/s1. The van der Waals surface area contributed by atoms with Crippen LogP contribution in [0.2, 0.25) is 0 Å². The van der Waals surface area contributed by atoms with Gasteiger partial charge in [0.15, 0.2) is 0 Å². The molecule has 2 amide bonds. The highest BCUT2D eigenvalue weighted by Gasteiger charge is 2.52. The zero-order valence-electron chi connectivity index (χ0n) is 13.4. The summed E-state index contributed by atoms with van der Waals surface area (Å²) in [5.41, 5.74) is 0.415. The van der Waals surface area contributed by atoms with Crippen molar-refractivity contribution in [2.75, 3.05) is 0 Å². The van der Waals surface area contributed by atoms with Crippen LogP contribution in [0.3, 0.4) is 0 Å². The summed E-state index contributed by atoms with van der Waals surface area (Å²) in [5.74, 6) is 0.490. The van der Waals surface area contributed by atoms with Crippen molar-refractivity contribution >= 4 is 11.8 Å². The Balaban J connectivity index is 1.43. The van der Waals surface area contributed by atoms with Gasteiger partial charge in [-0.3, -0.25) is 9.59 Å². The van der Waals surface area contributed by atoms with Crippen LogP contribution in [0.4, 0.5) is 0 Å². The lowest BCUT2D eigenvalue weighted by molar-refractivity contribution is -0.124. The molecule has 0 bridgehead atoms. The highest BCUT2D eigenvalue weighted by molar-refractivity contribution is 5.83. The third-order valence-corrected chi connectivity index (χ3v) is 5.70. The summed E-state index contributed by atoms with van der Waals surface area (Å²) in [5, 5.41) is 15.1. The van der Waals surface area contributed by atoms with Crippen LogP contribution < -0.4 is 10.6 Å². The lowest BCUT2D eigenvalue weighted by atomic mass is 9.96. The van der Waals surface area contributed by atoms with E-state index >= 15 is 0 Å². The first kappa shape index (κ1) is 15.3. The maximum atomic E-state index is 12.0. The third-order valence-electron chi connectivity index (χ3n) is 5.70. The molecule has 3 rings (SSSR count). The smallest absolute Gasteiger partial charge is 0.223 e. The van der Waals surface area contributed by atoms with E-state index in [0.717, 1.165) is 25.7 Å². The van der Waals surface area contributed by atoms with E-state index in [1.807, 2.05) is 0 Å². The molecule has 1 saturated heterocycles. The summed E-state index contributed by atoms with van der Waals surface area (Å²) in [6, 6.07) is 1.58. The first-order valence-electron chi connectivity index (χ1n) is 8.35. The van der Waals surface area contributed by atoms with Crippen LogP contribution in [0.1, 0.15) is 58.8 Å². The number of carbonyl (C=O) groups excluding carboxylic acids is 2. The van der Waals surface area contributed by atoms with Gasteiger partial charge in [0, 0.05) is 17.9 Å². The van der Waals surface area contributed by atoms with E-state index < -0.39 is 6.04 Å². The zero-order valence-corrected chi connectivity index (χ0v) is 13.4. The Morgan fingerprint density at radius 2 is 2.14 bits per heavy atom. The van der Waals surface area contributed by atoms with Gasteiger partial charge < -0.3 is 10.6 Å². The van der Waals surface area contributed by atoms with Gasteiger partial charge in [0.1, 0.15) is 6.04 Å². The molecule has 2 aliphatic carbocycles. The second-order valence-corrected chi connectivity index (χ2v) is 8.08. The fourth-order valence-electron chi connectivity index (χ4n) is 3.72. The molecule has 0 aromatic carbocycles. The van der Waals surface area contributed by atoms with E-state index in [9.17, 15) is 14.9 Å². The van der Waals surface area contributed by atoms with E-state index in [2.05, 4.69) is 30.6 Å². The molecule has 5 nitrogen and oxygen atoms in total. The van der Waals surface area contributed by atoms with Gasteiger partial charge in [0.2, 0.25) is 11.8 Å². The Morgan fingerprint density at radius 1 is 1.45 bits per heavy atom. The molecule has 0 aromatic heterocycles. The average molecular weight is 303 g/mol. The van der Waals surface area contributed by atoms with E-state index in [4.69, 9.17) is 0 Å². The van der Waals surface area contributed by atoms with Crippen molar-refractivity contribution in [3.63, 3.8) is 0 Å². The van der Waals surface area contributed by atoms with E-state index in [1.165, 1.54) is 6.42 Å². The van der Waals surface area contributed by atoms with Crippen LogP contribution in [0, 0.1) is 28.6 Å². The maximum Gasteiger partial charge on any atom is 0.223 e. The van der Waals surface area contributed by atoms with Gasteiger partial charge in [-0.25, -0.2) is 0 Å². The summed E-state index contributed by atoms with van der Waals surface area (Å²) in [6.07, 6.45) is 5.91. The maximum absolute atomic E-state index is 12.0. The minimum absolute atomic E-state index is 0.0311. The molecule has 0 aromatic rings. The third kappa shape index (κ3) is 3.26. The molecule has 120 valence electrons. The molecule has 3 aliphatic rings. The molecule has 1 aliphatic heterocycles. The van der Waals surface area contributed by atoms with Gasteiger partial charge in [-0.2, -0.15) is 5.26 Å². The SMILES string of the molecule is CC1(C)CC1CCC(=O)N[C@H](C#N)C[C@@H]1CC2(CC2)NC1=O. The molecule has 22 heavy (non-hydrogen) atoms. The number of rotatable bonds is 6. The van der Waals surface area contributed by atoms with Crippen LogP contribution >= 0.6 is 0 Å². The number of nitrogens with zero attached hydrogens (tertiary/aromatic N) is 1. The van der Waals surface area contributed by atoms with Crippen molar-refractivity contribution in [1.82, 2.24) is 10.6 Å². The number of carbonyl (C=O) groups is 2. The average Bonchev–Trinajstić information content (AvgIpc) is 3.29. The molecule has 5 heteroatoms. The Labute approximate surface area is 131 Å². The van der Waals surface area contributed by atoms with Crippen molar-refractivity contribution in [2.24, 2.45) is 17.3 Å². The van der Waals surface area contributed by atoms with Gasteiger partial charge in [0.05, 0.1) is 6.07 Å². The number of hydrogen-bond donors (Lipinski definition) is 2. The highest BCUT2D eigenvalue weighted by atomic mass is 16.2. The predicted molar refractivity (Wildman–Crippen MR) is 81.5 cm³/mol. The van der Waals surface area contributed by atoms with Gasteiger partial charge in [-0.05, 0) is 49.9 Å². The molecule has 1 heterocycles. The zero-order chi connectivity index (χ0) is 16.0. The minimum Gasteiger partial charge on any atom is -0.350 e. The number of hydrogen-bond acceptors (Lipinski definition) is 3. The molecule has 3 atom stereocenters. The van der Waals surface area contributed by atoms with Crippen molar-refractivity contribution in [1.29, 1.82) is 5.26 Å². The molecule has 2 N–H and O–H groups in total. The summed E-state index contributed by atoms with van der Waals surface area (Å²) in [6.45, 7) is 4.44. The lowest BCUT2D eigenvalue weighted by Crippen LogP contribution is -2.36. The quantitative estimate of drug-likeness (QED) is 0.786. The topological polar surface area (TPSA) is 82.0 Å². The monoisotopic (exact) mass is 303 g/mol. The molecule has 3 fully saturated rings. The first-order valence-corrected chi connectivity index (χ1v) is 8.35. The second kappa shape index (κ2) is 5.26. The van der Waals surface area contributed by atoms with E-state index in [1.54, 1.807) is 0 Å². The van der Waals surface area contributed by atoms with E-state index in [0.29, 0.717) is 24.2 Å². The first-order chi connectivity index (χ1) is 10.3. The Morgan fingerprint density at radius 3 is 2.64 bits per heavy atom. The van der Waals surface area contributed by atoms with Crippen LogP contribution in [0.5, 0.6) is 0 Å². The van der Waals surface area contributed by atoms with Crippen molar-refractivity contribution < 1.29 is 9.59 Å². The number of nitrogens with one attached hydrogen (secondary N) is 2. The molecule has 1 spiro atoms.